The van der Waals surface area contributed by atoms with E-state index in [2.05, 4.69) is 0 Å². The van der Waals surface area contributed by atoms with Crippen molar-refractivity contribution in [2.24, 2.45) is 0 Å². The second-order valence-electron chi connectivity index (χ2n) is 2.75. The number of rotatable bonds is 1. The summed E-state index contributed by atoms with van der Waals surface area (Å²) < 4.78 is 4.73. The van der Waals surface area contributed by atoms with Gasteiger partial charge < -0.3 is 9.84 Å². The van der Waals surface area contributed by atoms with Crippen molar-refractivity contribution in [3.63, 3.8) is 0 Å². The topological polar surface area (TPSA) is 63.6 Å². The second kappa shape index (κ2) is 3.67. The van der Waals surface area contributed by atoms with Crippen LogP contribution in [0.2, 0.25) is 0 Å². The van der Waals surface area contributed by atoms with Crippen LogP contribution in [-0.4, -0.2) is 17.0 Å². The van der Waals surface area contributed by atoms with Gasteiger partial charge in [-0.2, -0.15) is 0 Å². The molecule has 0 aromatic heterocycles. The van der Waals surface area contributed by atoms with Crippen molar-refractivity contribution in [3.8, 4) is 0 Å². The van der Waals surface area contributed by atoms with Gasteiger partial charge in [-0.05, 0) is 18.2 Å². The molecule has 0 fully saturated rings. The van der Waals surface area contributed by atoms with E-state index in [9.17, 15) is 9.59 Å². The van der Waals surface area contributed by atoms with E-state index in [0.717, 1.165) is 0 Å². The molecule has 74 valence electrons. The van der Waals surface area contributed by atoms with Crippen LogP contribution in [0.15, 0.2) is 18.2 Å². The van der Waals surface area contributed by atoms with Gasteiger partial charge in [-0.25, -0.2) is 9.59 Å². The fourth-order valence-corrected chi connectivity index (χ4v) is 1.27. The van der Waals surface area contributed by atoms with Crippen LogP contribution in [0, 0.1) is 0 Å². The van der Waals surface area contributed by atoms with Gasteiger partial charge in [-0.15, -0.1) is 12.4 Å². The summed E-state index contributed by atoms with van der Waals surface area (Å²) in [5, 5.41) is 8.66. The Morgan fingerprint density at radius 1 is 1.43 bits per heavy atom. The number of esters is 1. The number of carboxylic acid groups (broad SMARTS) is 1. The highest BCUT2D eigenvalue weighted by Gasteiger charge is 2.21. The first kappa shape index (κ1) is 10.5. The van der Waals surface area contributed by atoms with Gasteiger partial charge in [0.1, 0.15) is 6.61 Å². The first-order valence-corrected chi connectivity index (χ1v) is 3.72. The van der Waals surface area contributed by atoms with Gasteiger partial charge in [-0.3, -0.25) is 0 Å². The number of carbonyl (C=O) groups is 2. The van der Waals surface area contributed by atoms with Crippen LogP contribution in [0.25, 0.3) is 0 Å². The molecule has 0 bridgehead atoms. The van der Waals surface area contributed by atoms with Gasteiger partial charge in [0.15, 0.2) is 0 Å². The number of halogens is 1. The first-order valence-electron chi connectivity index (χ1n) is 3.72. The Kier molecular flexibility index (Phi) is 2.76. The molecule has 2 rings (SSSR count). The quantitative estimate of drug-likeness (QED) is 0.720. The Bertz CT molecular complexity index is 400. The van der Waals surface area contributed by atoms with Crippen molar-refractivity contribution < 1.29 is 19.4 Å². The van der Waals surface area contributed by atoms with Crippen molar-refractivity contribution >= 4 is 24.3 Å². The Labute approximate surface area is 85.9 Å². The molecule has 0 spiro atoms. The maximum Gasteiger partial charge on any atom is 0.338 e. The van der Waals surface area contributed by atoms with E-state index in [-0.39, 0.29) is 30.5 Å². The van der Waals surface area contributed by atoms with Crippen molar-refractivity contribution in [1.82, 2.24) is 0 Å². The molecule has 0 saturated heterocycles. The van der Waals surface area contributed by atoms with Crippen molar-refractivity contribution in [2.75, 3.05) is 0 Å². The van der Waals surface area contributed by atoms with Gasteiger partial charge in [0.05, 0.1) is 11.1 Å². The Balaban J connectivity index is 0.000000980. The molecule has 14 heavy (non-hydrogen) atoms. The molecule has 1 aliphatic heterocycles. The summed E-state index contributed by atoms with van der Waals surface area (Å²) in [6.45, 7) is 0.176. The summed E-state index contributed by atoms with van der Waals surface area (Å²) in [4.78, 5) is 21.5. The second-order valence-corrected chi connectivity index (χ2v) is 2.75. The van der Waals surface area contributed by atoms with Gasteiger partial charge in [0, 0.05) is 5.56 Å². The summed E-state index contributed by atoms with van der Waals surface area (Å²) >= 11 is 0. The minimum Gasteiger partial charge on any atom is -0.478 e. The summed E-state index contributed by atoms with van der Waals surface area (Å²) in [5.41, 5.74) is 1.28. The zero-order chi connectivity index (χ0) is 9.42. The van der Waals surface area contributed by atoms with Crippen LogP contribution in [-0.2, 0) is 11.3 Å². The average molecular weight is 215 g/mol. The minimum atomic E-state index is -0.998. The number of aromatic carboxylic acids is 1. The minimum absolute atomic E-state index is 0. The maximum absolute atomic E-state index is 11.0. The number of hydrogen-bond acceptors (Lipinski definition) is 3. The lowest BCUT2D eigenvalue weighted by Crippen LogP contribution is -1.98. The highest BCUT2D eigenvalue weighted by atomic mass is 35.5. The summed E-state index contributed by atoms with van der Waals surface area (Å²) in [6, 6.07) is 4.34. The molecule has 0 radical (unpaired) electrons. The molecule has 0 aliphatic carbocycles. The van der Waals surface area contributed by atoms with Gasteiger partial charge in [-0.1, -0.05) is 0 Å². The molecule has 1 aromatic carbocycles. The Morgan fingerprint density at radius 3 is 2.79 bits per heavy atom. The number of hydrogen-bond donors (Lipinski definition) is 1. The molecular formula is C9H7ClO4. The van der Waals surface area contributed by atoms with E-state index in [0.29, 0.717) is 11.1 Å². The van der Waals surface area contributed by atoms with E-state index in [4.69, 9.17) is 9.84 Å². The molecule has 1 aliphatic rings. The molecule has 0 atom stereocenters. The Morgan fingerprint density at radius 2 is 2.14 bits per heavy atom. The number of benzene rings is 1. The van der Waals surface area contributed by atoms with Crippen molar-refractivity contribution in [1.29, 1.82) is 0 Å². The lowest BCUT2D eigenvalue weighted by molar-refractivity contribution is 0.0535. The predicted molar refractivity (Wildman–Crippen MR) is 49.8 cm³/mol. The maximum atomic E-state index is 11.0. The van der Waals surface area contributed by atoms with Crippen molar-refractivity contribution in [3.05, 3.63) is 34.9 Å². The van der Waals surface area contributed by atoms with E-state index >= 15 is 0 Å². The van der Waals surface area contributed by atoms with Crippen LogP contribution >= 0.6 is 12.4 Å². The van der Waals surface area contributed by atoms with Gasteiger partial charge >= 0.3 is 11.9 Å². The third kappa shape index (κ3) is 1.56. The molecule has 5 heteroatoms. The molecule has 1 N–H and O–H groups in total. The molecule has 0 saturated carbocycles. The highest BCUT2D eigenvalue weighted by molar-refractivity contribution is 5.95. The van der Waals surface area contributed by atoms with E-state index in [1.165, 1.54) is 18.2 Å². The first-order chi connectivity index (χ1) is 6.18. The molecule has 0 amide bonds. The third-order valence-corrected chi connectivity index (χ3v) is 1.93. The molecule has 4 nitrogen and oxygen atoms in total. The third-order valence-electron chi connectivity index (χ3n) is 1.93. The SMILES string of the molecule is Cl.O=C(O)c1ccc2c(c1)COC2=O. The van der Waals surface area contributed by atoms with E-state index < -0.39 is 5.97 Å². The van der Waals surface area contributed by atoms with E-state index in [1.807, 2.05) is 0 Å². The largest absolute Gasteiger partial charge is 0.478 e. The zero-order valence-electron chi connectivity index (χ0n) is 7.02. The van der Waals surface area contributed by atoms with Crippen LogP contribution in [0.5, 0.6) is 0 Å². The van der Waals surface area contributed by atoms with Gasteiger partial charge in [0.25, 0.3) is 0 Å². The fraction of sp³-hybridized carbons (Fsp3) is 0.111. The number of cyclic esters (lactones) is 1. The highest BCUT2D eigenvalue weighted by Crippen LogP contribution is 2.20. The average Bonchev–Trinajstić information content (AvgIpc) is 2.47. The molecular weight excluding hydrogens is 208 g/mol. The van der Waals surface area contributed by atoms with Crippen molar-refractivity contribution in [2.45, 2.75) is 6.61 Å². The normalized spacial score (nSPS) is 12.7. The zero-order valence-corrected chi connectivity index (χ0v) is 7.84. The van der Waals surface area contributed by atoms with Gasteiger partial charge in [0.2, 0.25) is 0 Å². The lowest BCUT2D eigenvalue weighted by atomic mass is 10.1. The monoisotopic (exact) mass is 214 g/mol. The van der Waals surface area contributed by atoms with E-state index in [1.54, 1.807) is 0 Å². The van der Waals surface area contributed by atoms with Crippen LogP contribution in [0.3, 0.4) is 0 Å². The summed E-state index contributed by atoms with van der Waals surface area (Å²) in [5.74, 6) is -1.38. The number of carboxylic acids is 1. The summed E-state index contributed by atoms with van der Waals surface area (Å²) in [6.07, 6.45) is 0. The lowest BCUT2D eigenvalue weighted by Gasteiger charge is -1.95. The smallest absolute Gasteiger partial charge is 0.338 e. The predicted octanol–water partition coefficient (Wildman–Crippen LogP) is 1.48. The number of ether oxygens (including phenoxy) is 1. The van der Waals surface area contributed by atoms with Crippen LogP contribution in [0.4, 0.5) is 0 Å². The standard InChI is InChI=1S/C9H6O4.ClH/c10-8(11)5-1-2-7-6(3-5)4-13-9(7)12;/h1-3H,4H2,(H,10,11);1H. The molecule has 1 aromatic rings. The Hall–Kier alpha value is -1.55. The summed E-state index contributed by atoms with van der Waals surface area (Å²) in [7, 11) is 0. The van der Waals surface area contributed by atoms with Crippen LogP contribution < -0.4 is 0 Å². The number of carbonyl (C=O) groups excluding carboxylic acids is 1. The molecule has 0 unspecified atom stereocenters. The fourth-order valence-electron chi connectivity index (χ4n) is 1.27. The molecule has 1 heterocycles. The number of fused-ring (bicyclic) bond motifs is 1. The van der Waals surface area contributed by atoms with Crippen LogP contribution in [0.1, 0.15) is 26.3 Å².